The number of para-hydroxylation sites is 1. The van der Waals surface area contributed by atoms with E-state index in [1.165, 1.54) is 18.2 Å². The van der Waals surface area contributed by atoms with Crippen molar-refractivity contribution in [3.8, 4) is 5.75 Å². The molecule has 0 aliphatic rings. The van der Waals surface area contributed by atoms with E-state index in [2.05, 4.69) is 5.32 Å². The van der Waals surface area contributed by atoms with Gasteiger partial charge in [0, 0.05) is 37.5 Å². The maximum absolute atomic E-state index is 12.2. The second-order valence-electron chi connectivity index (χ2n) is 5.39. The van der Waals surface area contributed by atoms with E-state index in [9.17, 15) is 14.9 Å². The number of nitrogens with one attached hydrogen (secondary N) is 1. The number of carbonyl (C=O) groups excluding carboxylic acids is 1. The van der Waals surface area contributed by atoms with Crippen LogP contribution in [0, 0.1) is 10.1 Å². The maximum atomic E-state index is 12.2. The van der Waals surface area contributed by atoms with Crippen LogP contribution in [0.5, 0.6) is 5.75 Å². The third-order valence-electron chi connectivity index (χ3n) is 3.65. The SMILES string of the molecule is CCOc1ccc(C(=O)NCCN(C)c2ccccc2)cc1[N+](=O)[O-]. The molecule has 0 aliphatic carbocycles. The molecule has 0 atom stereocenters. The molecular formula is C18H21N3O4. The summed E-state index contributed by atoms with van der Waals surface area (Å²) in [6.07, 6.45) is 0. The van der Waals surface area contributed by atoms with Crippen molar-refractivity contribution in [1.29, 1.82) is 0 Å². The fourth-order valence-corrected chi connectivity index (χ4v) is 2.33. The summed E-state index contributed by atoms with van der Waals surface area (Å²) in [6, 6.07) is 14.0. The lowest BCUT2D eigenvalue weighted by molar-refractivity contribution is -0.385. The van der Waals surface area contributed by atoms with Crippen LogP contribution in [0.1, 0.15) is 17.3 Å². The van der Waals surface area contributed by atoms with Gasteiger partial charge >= 0.3 is 5.69 Å². The number of nitrogens with zero attached hydrogens (tertiary/aromatic N) is 2. The molecule has 0 heterocycles. The van der Waals surface area contributed by atoms with Crippen molar-refractivity contribution in [2.75, 3.05) is 31.6 Å². The van der Waals surface area contributed by atoms with Crippen molar-refractivity contribution in [2.24, 2.45) is 0 Å². The Morgan fingerprint density at radius 3 is 2.60 bits per heavy atom. The van der Waals surface area contributed by atoms with Crippen molar-refractivity contribution in [1.82, 2.24) is 5.32 Å². The molecule has 0 unspecified atom stereocenters. The van der Waals surface area contributed by atoms with E-state index in [4.69, 9.17) is 4.74 Å². The highest BCUT2D eigenvalue weighted by Gasteiger charge is 2.18. The van der Waals surface area contributed by atoms with Gasteiger partial charge in [0.25, 0.3) is 5.91 Å². The number of benzene rings is 2. The van der Waals surface area contributed by atoms with E-state index < -0.39 is 4.92 Å². The highest BCUT2D eigenvalue weighted by atomic mass is 16.6. The molecule has 0 spiro atoms. The first-order valence-corrected chi connectivity index (χ1v) is 7.98. The highest BCUT2D eigenvalue weighted by Crippen LogP contribution is 2.27. The molecule has 0 fully saturated rings. The first-order valence-electron chi connectivity index (χ1n) is 7.98. The zero-order valence-electron chi connectivity index (χ0n) is 14.3. The van der Waals surface area contributed by atoms with Gasteiger partial charge in [-0.2, -0.15) is 0 Å². The number of ether oxygens (including phenoxy) is 1. The average Bonchev–Trinajstić information content (AvgIpc) is 2.62. The van der Waals surface area contributed by atoms with Crippen LogP contribution in [-0.2, 0) is 0 Å². The zero-order valence-corrected chi connectivity index (χ0v) is 14.3. The van der Waals surface area contributed by atoms with Crippen LogP contribution in [0.25, 0.3) is 0 Å². The van der Waals surface area contributed by atoms with Crippen LogP contribution < -0.4 is 15.0 Å². The summed E-state index contributed by atoms with van der Waals surface area (Å²) in [5.41, 5.74) is 1.07. The van der Waals surface area contributed by atoms with Gasteiger partial charge in [-0.15, -0.1) is 0 Å². The monoisotopic (exact) mass is 343 g/mol. The number of amides is 1. The summed E-state index contributed by atoms with van der Waals surface area (Å²) in [6.45, 7) is 3.10. The lowest BCUT2D eigenvalue weighted by Crippen LogP contribution is -2.33. The van der Waals surface area contributed by atoms with Gasteiger partial charge in [0.2, 0.25) is 0 Å². The number of rotatable bonds is 8. The highest BCUT2D eigenvalue weighted by molar-refractivity contribution is 5.95. The van der Waals surface area contributed by atoms with Crippen molar-refractivity contribution in [3.63, 3.8) is 0 Å². The Bertz CT molecular complexity index is 734. The second-order valence-corrected chi connectivity index (χ2v) is 5.39. The van der Waals surface area contributed by atoms with Crippen LogP contribution in [0.2, 0.25) is 0 Å². The molecule has 0 bridgehead atoms. The van der Waals surface area contributed by atoms with Gasteiger partial charge in [-0.05, 0) is 31.2 Å². The minimum Gasteiger partial charge on any atom is -0.487 e. The molecule has 1 N–H and O–H groups in total. The summed E-state index contributed by atoms with van der Waals surface area (Å²) in [4.78, 5) is 24.8. The van der Waals surface area contributed by atoms with E-state index in [0.717, 1.165) is 5.69 Å². The van der Waals surface area contributed by atoms with Gasteiger partial charge < -0.3 is 15.0 Å². The van der Waals surface area contributed by atoms with Crippen LogP contribution >= 0.6 is 0 Å². The first kappa shape index (κ1) is 18.3. The number of carbonyl (C=O) groups is 1. The summed E-state index contributed by atoms with van der Waals surface area (Å²) in [7, 11) is 1.93. The van der Waals surface area contributed by atoms with Crippen molar-refractivity contribution < 1.29 is 14.5 Å². The fourth-order valence-electron chi connectivity index (χ4n) is 2.33. The van der Waals surface area contributed by atoms with Gasteiger partial charge in [-0.3, -0.25) is 14.9 Å². The molecule has 0 radical (unpaired) electrons. The second kappa shape index (κ2) is 8.68. The maximum Gasteiger partial charge on any atom is 0.311 e. The molecule has 0 aliphatic heterocycles. The molecule has 0 aromatic heterocycles. The Morgan fingerprint density at radius 1 is 1.24 bits per heavy atom. The average molecular weight is 343 g/mol. The Morgan fingerprint density at radius 2 is 1.96 bits per heavy atom. The minimum atomic E-state index is -0.551. The summed E-state index contributed by atoms with van der Waals surface area (Å²) in [5, 5.41) is 13.9. The van der Waals surface area contributed by atoms with Crippen molar-refractivity contribution in [3.05, 3.63) is 64.2 Å². The first-order chi connectivity index (χ1) is 12.0. The Balaban J connectivity index is 1.96. The standard InChI is InChI=1S/C18H21N3O4/c1-3-25-17-10-9-14(13-16(17)21(23)24)18(22)19-11-12-20(2)15-7-5-4-6-8-15/h4-10,13H,3,11-12H2,1-2H3,(H,19,22). The number of nitro benzene ring substituents is 1. The van der Waals surface area contributed by atoms with Gasteiger partial charge in [0.05, 0.1) is 11.5 Å². The fraction of sp³-hybridized carbons (Fsp3) is 0.278. The third kappa shape index (κ3) is 4.94. The Labute approximate surface area is 146 Å². The minimum absolute atomic E-state index is 0.160. The van der Waals surface area contributed by atoms with Crippen molar-refractivity contribution >= 4 is 17.3 Å². The molecule has 7 heteroatoms. The van der Waals surface area contributed by atoms with Crippen molar-refractivity contribution in [2.45, 2.75) is 6.92 Å². The molecule has 2 rings (SSSR count). The number of nitro groups is 1. The smallest absolute Gasteiger partial charge is 0.311 e. The lowest BCUT2D eigenvalue weighted by Gasteiger charge is -2.19. The van der Waals surface area contributed by atoms with Gasteiger partial charge in [-0.1, -0.05) is 18.2 Å². The summed E-state index contributed by atoms with van der Waals surface area (Å²) >= 11 is 0. The molecule has 132 valence electrons. The topological polar surface area (TPSA) is 84.7 Å². The number of hydrogen-bond acceptors (Lipinski definition) is 5. The van der Waals surface area contributed by atoms with E-state index in [0.29, 0.717) is 19.7 Å². The third-order valence-corrected chi connectivity index (χ3v) is 3.65. The summed E-state index contributed by atoms with van der Waals surface area (Å²) in [5.74, 6) is -0.194. The molecule has 1 amide bonds. The van der Waals surface area contributed by atoms with Crippen LogP contribution in [0.4, 0.5) is 11.4 Å². The number of anilines is 1. The lowest BCUT2D eigenvalue weighted by atomic mass is 10.1. The number of hydrogen-bond donors (Lipinski definition) is 1. The van der Waals surface area contributed by atoms with Gasteiger partial charge in [0.15, 0.2) is 5.75 Å². The Kier molecular flexibility index (Phi) is 6.33. The van der Waals surface area contributed by atoms with Gasteiger partial charge in [-0.25, -0.2) is 0 Å². The van der Waals surface area contributed by atoms with E-state index in [-0.39, 0.29) is 22.9 Å². The van der Waals surface area contributed by atoms with Gasteiger partial charge in [0.1, 0.15) is 0 Å². The Hall–Kier alpha value is -3.09. The molecule has 0 saturated carbocycles. The predicted octanol–water partition coefficient (Wildman–Crippen LogP) is 2.86. The molecule has 25 heavy (non-hydrogen) atoms. The molecule has 0 saturated heterocycles. The zero-order chi connectivity index (χ0) is 18.2. The number of likely N-dealkylation sites (N-methyl/N-ethyl adjacent to an activating group) is 1. The normalized spacial score (nSPS) is 10.2. The van der Waals surface area contributed by atoms with E-state index >= 15 is 0 Å². The van der Waals surface area contributed by atoms with E-state index in [1.807, 2.05) is 42.3 Å². The molecule has 2 aromatic carbocycles. The summed E-state index contributed by atoms with van der Waals surface area (Å²) < 4.78 is 5.21. The quantitative estimate of drug-likeness (QED) is 0.588. The van der Waals surface area contributed by atoms with Crippen LogP contribution in [0.15, 0.2) is 48.5 Å². The largest absolute Gasteiger partial charge is 0.487 e. The molecular weight excluding hydrogens is 322 g/mol. The van der Waals surface area contributed by atoms with E-state index in [1.54, 1.807) is 6.92 Å². The molecule has 7 nitrogen and oxygen atoms in total. The van der Waals surface area contributed by atoms with Crippen LogP contribution in [0.3, 0.4) is 0 Å². The molecule has 2 aromatic rings. The van der Waals surface area contributed by atoms with Crippen LogP contribution in [-0.4, -0.2) is 37.6 Å². The predicted molar refractivity (Wildman–Crippen MR) is 96.3 cm³/mol.